The molecule has 1 aromatic rings. The molecule has 110 valence electrons. The Morgan fingerprint density at radius 3 is 2.55 bits per heavy atom. The zero-order chi connectivity index (χ0) is 14.6. The Morgan fingerprint density at radius 1 is 1.30 bits per heavy atom. The predicted octanol–water partition coefficient (Wildman–Crippen LogP) is 1.73. The largest absolute Gasteiger partial charge is 0.312 e. The lowest BCUT2D eigenvalue weighted by molar-refractivity contribution is 0.305. The monoisotopic (exact) mass is 315 g/mol. The van der Waals surface area contributed by atoms with Gasteiger partial charge in [0.1, 0.15) is 0 Å². The summed E-state index contributed by atoms with van der Waals surface area (Å²) in [5, 5.41) is 0.506. The molecule has 0 unspecified atom stereocenters. The third kappa shape index (κ3) is 3.96. The third-order valence-electron chi connectivity index (χ3n) is 3.21. The highest BCUT2D eigenvalue weighted by atomic mass is 35.5. The zero-order valence-electron chi connectivity index (χ0n) is 11.3. The number of rotatable bonds is 5. The Labute approximate surface area is 124 Å². The van der Waals surface area contributed by atoms with E-state index in [4.69, 9.17) is 11.6 Å². The van der Waals surface area contributed by atoms with Gasteiger partial charge < -0.3 is 5.43 Å². The molecule has 20 heavy (non-hydrogen) atoms. The van der Waals surface area contributed by atoms with Crippen LogP contribution in [0.25, 0.3) is 0 Å². The second-order valence-electron chi connectivity index (χ2n) is 4.56. The molecule has 2 N–H and O–H groups in total. The third-order valence-corrected chi connectivity index (χ3v) is 4.73. The van der Waals surface area contributed by atoms with Crippen LogP contribution in [-0.4, -0.2) is 33.0 Å². The molecule has 2 rings (SSSR count). The number of nitrogens with zero attached hydrogens (tertiary/aromatic N) is 1. The van der Waals surface area contributed by atoms with E-state index in [-0.39, 0.29) is 4.90 Å². The minimum atomic E-state index is -3.57. The summed E-state index contributed by atoms with van der Waals surface area (Å²) in [5.41, 5.74) is 3.68. The van der Waals surface area contributed by atoms with Gasteiger partial charge in [0.05, 0.1) is 4.90 Å². The lowest BCUT2D eigenvalue weighted by atomic mass is 10.2. The van der Waals surface area contributed by atoms with Crippen LogP contribution < -0.4 is 10.3 Å². The van der Waals surface area contributed by atoms with Gasteiger partial charge in [0.25, 0.3) is 10.0 Å². The number of hydrazine groups is 1. The van der Waals surface area contributed by atoms with Crippen molar-refractivity contribution in [3.05, 3.63) is 41.1 Å². The summed E-state index contributed by atoms with van der Waals surface area (Å²) in [6.07, 6.45) is 2.80. The Morgan fingerprint density at radius 2 is 2.00 bits per heavy atom. The molecule has 0 atom stereocenters. The predicted molar refractivity (Wildman–Crippen MR) is 79.7 cm³/mol. The summed E-state index contributed by atoms with van der Waals surface area (Å²) in [6.45, 7) is 4.87. The molecule has 0 amide bonds. The van der Waals surface area contributed by atoms with Crippen LogP contribution in [0.4, 0.5) is 0 Å². The van der Waals surface area contributed by atoms with Gasteiger partial charge in [-0.25, -0.2) is 8.42 Å². The molecule has 0 radical (unpaired) electrons. The Balaban J connectivity index is 1.96. The van der Waals surface area contributed by atoms with Crippen LogP contribution >= 0.6 is 11.6 Å². The van der Waals surface area contributed by atoms with E-state index in [1.54, 1.807) is 12.1 Å². The van der Waals surface area contributed by atoms with Gasteiger partial charge in [0.15, 0.2) is 0 Å². The van der Waals surface area contributed by atoms with E-state index in [0.717, 1.165) is 31.8 Å². The maximum atomic E-state index is 12.1. The highest BCUT2D eigenvalue weighted by Gasteiger charge is 2.15. The summed E-state index contributed by atoms with van der Waals surface area (Å²) < 4.78 is 24.1. The summed E-state index contributed by atoms with van der Waals surface area (Å²) in [6, 6.07) is 6.05. The molecule has 0 aliphatic carbocycles. The quantitative estimate of drug-likeness (QED) is 0.812. The zero-order valence-corrected chi connectivity index (χ0v) is 12.8. The van der Waals surface area contributed by atoms with Gasteiger partial charge in [-0.2, -0.15) is 0 Å². The maximum absolute atomic E-state index is 12.1. The first-order chi connectivity index (χ1) is 9.51. The van der Waals surface area contributed by atoms with Gasteiger partial charge in [-0.15, -0.1) is 4.83 Å². The van der Waals surface area contributed by atoms with Crippen molar-refractivity contribution in [2.24, 2.45) is 0 Å². The lowest BCUT2D eigenvalue weighted by Crippen LogP contribution is -2.40. The molecule has 1 aliphatic rings. The lowest BCUT2D eigenvalue weighted by Gasteiger charge is -2.25. The van der Waals surface area contributed by atoms with Crippen molar-refractivity contribution in [1.29, 1.82) is 0 Å². The SMILES string of the molecule is CCN1CC=C(NNS(=O)(=O)c2ccc(Cl)cc2)CC1. The fraction of sp³-hybridized carbons (Fsp3) is 0.385. The number of likely N-dealkylation sites (N-methyl/N-ethyl adjacent to an activating group) is 1. The van der Waals surface area contributed by atoms with Crippen LogP contribution in [0.3, 0.4) is 0 Å². The summed E-state index contributed by atoms with van der Waals surface area (Å²) in [4.78, 5) is 4.85. The average Bonchev–Trinajstić information content (AvgIpc) is 2.46. The van der Waals surface area contributed by atoms with E-state index < -0.39 is 10.0 Å². The Kier molecular flexibility index (Phi) is 5.04. The Hall–Kier alpha value is -1.08. The highest BCUT2D eigenvalue weighted by molar-refractivity contribution is 7.89. The summed E-state index contributed by atoms with van der Waals surface area (Å²) in [5.74, 6) is 0. The standard InChI is InChI=1S/C13H18ClN3O2S/c1-2-17-9-7-12(8-10-17)15-16-20(18,19)13-5-3-11(14)4-6-13/h3-7,15-16H,2,8-10H2,1H3. The van der Waals surface area contributed by atoms with Crippen molar-refractivity contribution in [1.82, 2.24) is 15.2 Å². The second kappa shape index (κ2) is 6.58. The number of benzene rings is 1. The first-order valence-corrected chi connectivity index (χ1v) is 8.32. The van der Waals surface area contributed by atoms with E-state index in [2.05, 4.69) is 22.1 Å². The number of hydrogen-bond acceptors (Lipinski definition) is 4. The summed E-state index contributed by atoms with van der Waals surface area (Å²) in [7, 11) is -3.57. The molecule has 1 aromatic carbocycles. The van der Waals surface area contributed by atoms with E-state index >= 15 is 0 Å². The van der Waals surface area contributed by atoms with Crippen molar-refractivity contribution < 1.29 is 8.42 Å². The summed E-state index contributed by atoms with van der Waals surface area (Å²) >= 11 is 5.74. The molecule has 5 nitrogen and oxygen atoms in total. The molecule has 1 heterocycles. The van der Waals surface area contributed by atoms with Crippen molar-refractivity contribution in [3.63, 3.8) is 0 Å². The van der Waals surface area contributed by atoms with Gasteiger partial charge >= 0.3 is 0 Å². The van der Waals surface area contributed by atoms with Crippen LogP contribution in [0.1, 0.15) is 13.3 Å². The molecule has 0 bridgehead atoms. The highest BCUT2D eigenvalue weighted by Crippen LogP contribution is 2.14. The van der Waals surface area contributed by atoms with E-state index in [1.807, 2.05) is 6.08 Å². The van der Waals surface area contributed by atoms with Crippen LogP contribution in [-0.2, 0) is 10.0 Å². The molecule has 1 aliphatic heterocycles. The fourth-order valence-corrected chi connectivity index (χ4v) is 2.92. The van der Waals surface area contributed by atoms with E-state index in [1.165, 1.54) is 12.1 Å². The van der Waals surface area contributed by atoms with Crippen molar-refractivity contribution in [2.75, 3.05) is 19.6 Å². The van der Waals surface area contributed by atoms with Gasteiger partial charge in [0.2, 0.25) is 0 Å². The number of nitrogens with one attached hydrogen (secondary N) is 2. The van der Waals surface area contributed by atoms with Crippen LogP contribution in [0.15, 0.2) is 40.9 Å². The number of sulfonamides is 1. The second-order valence-corrected chi connectivity index (χ2v) is 6.68. The van der Waals surface area contributed by atoms with Gasteiger partial charge in [0, 0.05) is 30.2 Å². The van der Waals surface area contributed by atoms with Crippen LogP contribution in [0, 0.1) is 0 Å². The topological polar surface area (TPSA) is 61.4 Å². The first kappa shape index (κ1) is 15.3. The van der Waals surface area contributed by atoms with Crippen molar-refractivity contribution in [2.45, 2.75) is 18.2 Å². The molecule has 0 saturated carbocycles. The minimum Gasteiger partial charge on any atom is -0.312 e. The van der Waals surface area contributed by atoms with Crippen molar-refractivity contribution >= 4 is 21.6 Å². The maximum Gasteiger partial charge on any atom is 0.257 e. The number of hydrogen-bond donors (Lipinski definition) is 2. The van der Waals surface area contributed by atoms with E-state index in [9.17, 15) is 8.42 Å². The molecule has 0 saturated heterocycles. The fourth-order valence-electron chi connectivity index (χ4n) is 1.92. The van der Waals surface area contributed by atoms with Gasteiger partial charge in [-0.1, -0.05) is 18.5 Å². The minimum absolute atomic E-state index is 0.181. The molecular weight excluding hydrogens is 298 g/mol. The number of halogens is 1. The van der Waals surface area contributed by atoms with Gasteiger partial charge in [-0.05, 0) is 36.9 Å². The molecule has 0 fully saturated rings. The molecular formula is C13H18ClN3O2S. The van der Waals surface area contributed by atoms with Crippen LogP contribution in [0.5, 0.6) is 0 Å². The molecule has 7 heteroatoms. The van der Waals surface area contributed by atoms with Crippen LogP contribution in [0.2, 0.25) is 5.02 Å². The normalized spacial score (nSPS) is 16.8. The molecule has 0 spiro atoms. The average molecular weight is 316 g/mol. The molecule has 0 aromatic heterocycles. The first-order valence-electron chi connectivity index (χ1n) is 6.46. The smallest absolute Gasteiger partial charge is 0.257 e. The van der Waals surface area contributed by atoms with E-state index in [0.29, 0.717) is 5.02 Å². The van der Waals surface area contributed by atoms with Gasteiger partial charge in [-0.3, -0.25) is 4.90 Å². The van der Waals surface area contributed by atoms with Crippen molar-refractivity contribution in [3.8, 4) is 0 Å². The Bertz CT molecular complexity index is 584.